The van der Waals surface area contributed by atoms with E-state index in [9.17, 15) is 0 Å². The molecule has 2 N–H and O–H groups in total. The molecule has 0 fully saturated rings. The Kier molecular flexibility index (Phi) is 5.22. The molecule has 1 rings (SSSR count). The number of rotatable bonds is 6. The van der Waals surface area contributed by atoms with Crippen molar-refractivity contribution in [2.45, 2.75) is 39.3 Å². The van der Waals surface area contributed by atoms with E-state index in [1.165, 1.54) is 0 Å². The summed E-state index contributed by atoms with van der Waals surface area (Å²) >= 11 is 0. The zero-order valence-electron chi connectivity index (χ0n) is 11.2. The Balaban J connectivity index is 2.74. The molecule has 0 saturated heterocycles. The molecule has 0 radical (unpaired) electrons. The SMILES string of the molecule is CC(N)CCN(C)c1ncccc1OC(C)C. The number of ether oxygens (including phenoxy) is 1. The van der Waals surface area contributed by atoms with Gasteiger partial charge in [0.25, 0.3) is 0 Å². The molecule has 0 aromatic carbocycles. The van der Waals surface area contributed by atoms with E-state index in [1.807, 2.05) is 40.0 Å². The highest BCUT2D eigenvalue weighted by Crippen LogP contribution is 2.25. The van der Waals surface area contributed by atoms with Crippen molar-refractivity contribution in [1.82, 2.24) is 4.98 Å². The summed E-state index contributed by atoms with van der Waals surface area (Å²) in [4.78, 5) is 6.45. The van der Waals surface area contributed by atoms with Crippen LogP contribution in [0.15, 0.2) is 18.3 Å². The molecule has 96 valence electrons. The molecule has 4 heteroatoms. The highest BCUT2D eigenvalue weighted by Gasteiger charge is 2.11. The Morgan fingerprint density at radius 2 is 2.12 bits per heavy atom. The first kappa shape index (κ1) is 13.8. The van der Waals surface area contributed by atoms with Gasteiger partial charge in [0.2, 0.25) is 0 Å². The van der Waals surface area contributed by atoms with Gasteiger partial charge in [-0.1, -0.05) is 0 Å². The molecule has 0 aliphatic heterocycles. The first-order valence-electron chi connectivity index (χ1n) is 6.09. The molecule has 4 nitrogen and oxygen atoms in total. The van der Waals surface area contributed by atoms with Gasteiger partial charge in [0, 0.05) is 25.8 Å². The summed E-state index contributed by atoms with van der Waals surface area (Å²) in [7, 11) is 2.01. The zero-order chi connectivity index (χ0) is 12.8. The number of pyridine rings is 1. The summed E-state index contributed by atoms with van der Waals surface area (Å²) in [5.41, 5.74) is 5.76. The van der Waals surface area contributed by atoms with Gasteiger partial charge in [0.15, 0.2) is 11.6 Å². The minimum atomic E-state index is 0.153. The highest BCUT2D eigenvalue weighted by atomic mass is 16.5. The number of nitrogens with zero attached hydrogens (tertiary/aromatic N) is 2. The number of hydrogen-bond donors (Lipinski definition) is 1. The topological polar surface area (TPSA) is 51.4 Å². The minimum Gasteiger partial charge on any atom is -0.487 e. The Bertz CT molecular complexity index is 339. The van der Waals surface area contributed by atoms with Crippen molar-refractivity contribution in [3.63, 3.8) is 0 Å². The second-order valence-corrected chi connectivity index (χ2v) is 4.68. The molecule has 17 heavy (non-hydrogen) atoms. The van der Waals surface area contributed by atoms with Gasteiger partial charge >= 0.3 is 0 Å². The molecule has 0 aliphatic carbocycles. The third kappa shape index (κ3) is 4.61. The molecule has 1 atom stereocenters. The van der Waals surface area contributed by atoms with Crippen LogP contribution < -0.4 is 15.4 Å². The van der Waals surface area contributed by atoms with Crippen LogP contribution in [0, 0.1) is 0 Å². The first-order chi connectivity index (χ1) is 8.00. The fourth-order valence-electron chi connectivity index (χ4n) is 1.52. The van der Waals surface area contributed by atoms with E-state index in [2.05, 4.69) is 9.88 Å². The second-order valence-electron chi connectivity index (χ2n) is 4.68. The number of nitrogens with two attached hydrogens (primary N) is 1. The van der Waals surface area contributed by atoms with E-state index in [1.54, 1.807) is 6.20 Å². The molecule has 1 heterocycles. The molecule has 0 amide bonds. The maximum Gasteiger partial charge on any atom is 0.171 e. The van der Waals surface area contributed by atoms with Gasteiger partial charge in [-0.25, -0.2) is 4.98 Å². The fourth-order valence-corrected chi connectivity index (χ4v) is 1.52. The molecular weight excluding hydrogens is 214 g/mol. The van der Waals surface area contributed by atoms with Gasteiger partial charge in [-0.3, -0.25) is 0 Å². The molecule has 0 saturated carbocycles. The van der Waals surface area contributed by atoms with Crippen LogP contribution in [-0.2, 0) is 0 Å². The van der Waals surface area contributed by atoms with Gasteiger partial charge in [-0.05, 0) is 39.3 Å². The molecule has 0 bridgehead atoms. The predicted molar refractivity (Wildman–Crippen MR) is 71.5 cm³/mol. The standard InChI is InChI=1S/C13H23N3O/c1-10(2)17-12-6-5-8-15-13(12)16(4)9-7-11(3)14/h5-6,8,10-11H,7,9,14H2,1-4H3. The average molecular weight is 237 g/mol. The molecule has 0 spiro atoms. The summed E-state index contributed by atoms with van der Waals surface area (Å²) in [5.74, 6) is 1.71. The number of aromatic nitrogens is 1. The summed E-state index contributed by atoms with van der Waals surface area (Å²) < 4.78 is 5.74. The average Bonchev–Trinajstić information content (AvgIpc) is 2.25. The quantitative estimate of drug-likeness (QED) is 0.822. The Morgan fingerprint density at radius 1 is 1.41 bits per heavy atom. The smallest absolute Gasteiger partial charge is 0.171 e. The lowest BCUT2D eigenvalue weighted by molar-refractivity contribution is 0.242. The maximum atomic E-state index is 5.76. The van der Waals surface area contributed by atoms with Crippen molar-refractivity contribution in [2.24, 2.45) is 5.73 Å². The third-order valence-corrected chi connectivity index (χ3v) is 2.39. The Labute approximate surface area is 104 Å². The Hall–Kier alpha value is -1.29. The number of hydrogen-bond acceptors (Lipinski definition) is 4. The molecular formula is C13H23N3O. The lowest BCUT2D eigenvalue weighted by atomic mass is 10.2. The van der Waals surface area contributed by atoms with Crippen LogP contribution in [0.25, 0.3) is 0 Å². The maximum absolute atomic E-state index is 5.76. The van der Waals surface area contributed by atoms with Crippen LogP contribution >= 0.6 is 0 Å². The van der Waals surface area contributed by atoms with E-state index in [0.29, 0.717) is 0 Å². The molecule has 1 unspecified atom stereocenters. The molecule has 1 aromatic heterocycles. The summed E-state index contributed by atoms with van der Waals surface area (Å²) in [6.45, 7) is 6.92. The van der Waals surface area contributed by atoms with Crippen LogP contribution in [-0.4, -0.2) is 30.7 Å². The van der Waals surface area contributed by atoms with Crippen molar-refractivity contribution in [3.8, 4) is 5.75 Å². The normalized spacial score (nSPS) is 12.6. The van der Waals surface area contributed by atoms with Gasteiger partial charge in [-0.15, -0.1) is 0 Å². The number of anilines is 1. The van der Waals surface area contributed by atoms with Crippen molar-refractivity contribution in [1.29, 1.82) is 0 Å². The van der Waals surface area contributed by atoms with Gasteiger partial charge in [0.05, 0.1) is 6.10 Å². The van der Waals surface area contributed by atoms with Crippen molar-refractivity contribution in [3.05, 3.63) is 18.3 Å². The monoisotopic (exact) mass is 237 g/mol. The van der Waals surface area contributed by atoms with Crippen LogP contribution in [0.3, 0.4) is 0 Å². The second kappa shape index (κ2) is 6.45. The van der Waals surface area contributed by atoms with Crippen LogP contribution in [0.5, 0.6) is 5.75 Å². The van der Waals surface area contributed by atoms with Crippen molar-refractivity contribution < 1.29 is 4.74 Å². The third-order valence-electron chi connectivity index (χ3n) is 2.39. The van der Waals surface area contributed by atoms with Gasteiger partial charge < -0.3 is 15.4 Å². The first-order valence-corrected chi connectivity index (χ1v) is 6.09. The van der Waals surface area contributed by atoms with Crippen LogP contribution in [0.4, 0.5) is 5.82 Å². The van der Waals surface area contributed by atoms with Gasteiger partial charge in [0.1, 0.15) is 0 Å². The minimum absolute atomic E-state index is 0.153. The largest absolute Gasteiger partial charge is 0.487 e. The molecule has 0 aliphatic rings. The van der Waals surface area contributed by atoms with Gasteiger partial charge in [-0.2, -0.15) is 0 Å². The van der Waals surface area contributed by atoms with E-state index >= 15 is 0 Å². The molecule has 1 aromatic rings. The lowest BCUT2D eigenvalue weighted by Crippen LogP contribution is -2.27. The zero-order valence-corrected chi connectivity index (χ0v) is 11.2. The van der Waals surface area contributed by atoms with E-state index in [-0.39, 0.29) is 12.1 Å². The summed E-state index contributed by atoms with van der Waals surface area (Å²) in [6, 6.07) is 4.04. The fraction of sp³-hybridized carbons (Fsp3) is 0.615. The van der Waals surface area contributed by atoms with Crippen LogP contribution in [0.2, 0.25) is 0 Å². The van der Waals surface area contributed by atoms with Crippen molar-refractivity contribution >= 4 is 5.82 Å². The summed E-state index contributed by atoms with van der Waals surface area (Å²) in [6.07, 6.45) is 2.87. The highest BCUT2D eigenvalue weighted by molar-refractivity contribution is 5.51. The van der Waals surface area contributed by atoms with E-state index in [4.69, 9.17) is 10.5 Å². The lowest BCUT2D eigenvalue weighted by Gasteiger charge is -2.22. The van der Waals surface area contributed by atoms with Crippen LogP contribution in [0.1, 0.15) is 27.2 Å². The summed E-state index contributed by atoms with van der Waals surface area (Å²) in [5, 5.41) is 0. The predicted octanol–water partition coefficient (Wildman–Crippen LogP) is 2.04. The van der Waals surface area contributed by atoms with Crippen molar-refractivity contribution in [2.75, 3.05) is 18.5 Å². The Morgan fingerprint density at radius 3 is 2.71 bits per heavy atom. The van der Waals surface area contributed by atoms with E-state index in [0.717, 1.165) is 24.5 Å². The van der Waals surface area contributed by atoms with E-state index < -0.39 is 0 Å².